The third kappa shape index (κ3) is 5.41. The van der Waals surface area contributed by atoms with Crippen LogP contribution in [-0.2, 0) is 21.2 Å². The molecule has 0 aliphatic carbocycles. The monoisotopic (exact) mass is 419 g/mol. The van der Waals surface area contributed by atoms with Gasteiger partial charge in [-0.2, -0.15) is 4.31 Å². The van der Waals surface area contributed by atoms with E-state index in [4.69, 9.17) is 0 Å². The summed E-state index contributed by atoms with van der Waals surface area (Å²) in [5, 5.41) is 2.55. The van der Waals surface area contributed by atoms with Crippen molar-refractivity contribution < 1.29 is 17.6 Å². The first kappa shape index (κ1) is 21.4. The fraction of sp³-hybridized carbons (Fsp3) is 0.381. The van der Waals surface area contributed by atoms with E-state index in [9.17, 15) is 17.6 Å². The molecule has 0 bridgehead atoms. The fourth-order valence-corrected chi connectivity index (χ4v) is 4.77. The van der Waals surface area contributed by atoms with Gasteiger partial charge in [-0.15, -0.1) is 0 Å². The highest BCUT2D eigenvalue weighted by molar-refractivity contribution is 7.89. The van der Waals surface area contributed by atoms with Crippen molar-refractivity contribution in [2.24, 2.45) is 0 Å². The molecule has 3 rings (SSSR count). The van der Waals surface area contributed by atoms with Gasteiger partial charge in [0.25, 0.3) is 0 Å². The average molecular weight is 420 g/mol. The standard InChI is InChI=1S/C21H26FN3O3S/c1-2-5-17-8-10-18(11-9-17)29(27,28)25-14-12-24(13-15-25)16-21(26)23-20-7-4-3-6-19(20)22/h3-4,6-11H,2,5,12-16H2,1H3,(H,23,26). The number of anilines is 1. The number of carbonyl (C=O) groups is 1. The van der Waals surface area contributed by atoms with Crippen LogP contribution in [-0.4, -0.2) is 56.3 Å². The lowest BCUT2D eigenvalue weighted by atomic mass is 10.1. The van der Waals surface area contributed by atoms with Crippen LogP contribution in [0.1, 0.15) is 18.9 Å². The first-order chi connectivity index (χ1) is 13.9. The van der Waals surface area contributed by atoms with E-state index in [0.29, 0.717) is 31.1 Å². The molecule has 0 aromatic heterocycles. The Morgan fingerprint density at radius 3 is 2.31 bits per heavy atom. The Hall–Kier alpha value is -2.29. The van der Waals surface area contributed by atoms with E-state index in [1.54, 1.807) is 24.3 Å². The van der Waals surface area contributed by atoms with Crippen molar-refractivity contribution in [1.82, 2.24) is 9.21 Å². The Bertz CT molecular complexity index is 940. The van der Waals surface area contributed by atoms with Crippen molar-refractivity contribution in [2.75, 3.05) is 38.0 Å². The molecule has 1 fully saturated rings. The lowest BCUT2D eigenvalue weighted by Crippen LogP contribution is -2.50. The van der Waals surface area contributed by atoms with Crippen molar-refractivity contribution in [3.63, 3.8) is 0 Å². The maximum absolute atomic E-state index is 13.6. The van der Waals surface area contributed by atoms with Gasteiger partial charge in [0.1, 0.15) is 5.82 Å². The summed E-state index contributed by atoms with van der Waals surface area (Å²) in [5.41, 5.74) is 1.27. The molecule has 6 nitrogen and oxygen atoms in total. The quantitative estimate of drug-likeness (QED) is 0.749. The molecular weight excluding hydrogens is 393 g/mol. The molecule has 8 heteroatoms. The Morgan fingerprint density at radius 1 is 1.03 bits per heavy atom. The van der Waals surface area contributed by atoms with Gasteiger partial charge >= 0.3 is 0 Å². The molecule has 2 aromatic rings. The summed E-state index contributed by atoms with van der Waals surface area (Å²) in [7, 11) is -3.54. The first-order valence-electron chi connectivity index (χ1n) is 9.76. The molecule has 156 valence electrons. The Labute approximate surface area is 171 Å². The van der Waals surface area contributed by atoms with Crippen LogP contribution in [0.3, 0.4) is 0 Å². The summed E-state index contributed by atoms with van der Waals surface area (Å²) < 4.78 is 40.8. The van der Waals surface area contributed by atoms with E-state index in [1.807, 2.05) is 17.0 Å². The smallest absolute Gasteiger partial charge is 0.243 e. The molecule has 29 heavy (non-hydrogen) atoms. The number of amides is 1. The number of halogens is 1. The molecule has 1 amide bonds. The number of para-hydroxylation sites is 1. The van der Waals surface area contributed by atoms with E-state index in [1.165, 1.54) is 16.4 Å². The number of piperazine rings is 1. The van der Waals surface area contributed by atoms with Crippen molar-refractivity contribution in [3.8, 4) is 0 Å². The predicted octanol–water partition coefficient (Wildman–Crippen LogP) is 2.72. The second kappa shape index (κ2) is 9.47. The zero-order chi connectivity index (χ0) is 20.9. The van der Waals surface area contributed by atoms with Crippen LogP contribution in [0.25, 0.3) is 0 Å². The maximum atomic E-state index is 13.6. The predicted molar refractivity (Wildman–Crippen MR) is 111 cm³/mol. The second-order valence-electron chi connectivity index (χ2n) is 7.10. The van der Waals surface area contributed by atoms with E-state index >= 15 is 0 Å². The lowest BCUT2D eigenvalue weighted by Gasteiger charge is -2.33. The van der Waals surface area contributed by atoms with Gasteiger partial charge in [0.15, 0.2) is 0 Å². The van der Waals surface area contributed by atoms with E-state index in [-0.39, 0.29) is 18.1 Å². The Morgan fingerprint density at radius 2 is 1.69 bits per heavy atom. The van der Waals surface area contributed by atoms with Gasteiger partial charge in [0.05, 0.1) is 17.1 Å². The van der Waals surface area contributed by atoms with Crippen molar-refractivity contribution in [3.05, 3.63) is 59.9 Å². The molecular formula is C21H26FN3O3S. The molecule has 0 unspecified atom stereocenters. The highest BCUT2D eigenvalue weighted by atomic mass is 32.2. The zero-order valence-corrected chi connectivity index (χ0v) is 17.3. The van der Waals surface area contributed by atoms with E-state index in [2.05, 4.69) is 12.2 Å². The molecule has 0 saturated carbocycles. The molecule has 0 radical (unpaired) electrons. The first-order valence-corrected chi connectivity index (χ1v) is 11.2. The summed E-state index contributed by atoms with van der Waals surface area (Å²) in [4.78, 5) is 14.3. The number of aryl methyl sites for hydroxylation is 1. The van der Waals surface area contributed by atoms with Crippen LogP contribution < -0.4 is 5.32 Å². The van der Waals surface area contributed by atoms with Gasteiger partial charge in [-0.25, -0.2) is 12.8 Å². The van der Waals surface area contributed by atoms with Crippen LogP contribution >= 0.6 is 0 Å². The molecule has 1 aliphatic heterocycles. The van der Waals surface area contributed by atoms with Crippen LogP contribution in [0.5, 0.6) is 0 Å². The number of hydrogen-bond donors (Lipinski definition) is 1. The summed E-state index contributed by atoms with van der Waals surface area (Å²) in [6.45, 7) is 3.68. The zero-order valence-electron chi connectivity index (χ0n) is 16.5. The lowest BCUT2D eigenvalue weighted by molar-refractivity contribution is -0.117. The number of benzene rings is 2. The minimum absolute atomic E-state index is 0.0912. The number of nitrogens with one attached hydrogen (secondary N) is 1. The highest BCUT2D eigenvalue weighted by Gasteiger charge is 2.29. The molecule has 1 heterocycles. The van der Waals surface area contributed by atoms with Crippen LogP contribution in [0.4, 0.5) is 10.1 Å². The third-order valence-electron chi connectivity index (χ3n) is 4.95. The molecule has 1 aliphatic rings. The van der Waals surface area contributed by atoms with Gasteiger partial charge in [0, 0.05) is 26.2 Å². The summed E-state index contributed by atoms with van der Waals surface area (Å²) in [6.07, 6.45) is 1.94. The largest absolute Gasteiger partial charge is 0.322 e. The van der Waals surface area contributed by atoms with Gasteiger partial charge in [-0.1, -0.05) is 37.6 Å². The van der Waals surface area contributed by atoms with Gasteiger partial charge in [0.2, 0.25) is 15.9 Å². The van der Waals surface area contributed by atoms with E-state index in [0.717, 1.165) is 18.4 Å². The topological polar surface area (TPSA) is 69.7 Å². The van der Waals surface area contributed by atoms with Crippen molar-refractivity contribution >= 4 is 21.6 Å². The molecule has 2 aromatic carbocycles. The molecule has 1 saturated heterocycles. The third-order valence-corrected chi connectivity index (χ3v) is 6.86. The van der Waals surface area contributed by atoms with Gasteiger partial charge < -0.3 is 5.32 Å². The summed E-state index contributed by atoms with van der Waals surface area (Å²) >= 11 is 0. The van der Waals surface area contributed by atoms with Crippen LogP contribution in [0.15, 0.2) is 53.4 Å². The fourth-order valence-electron chi connectivity index (χ4n) is 3.35. The molecule has 1 N–H and O–H groups in total. The summed E-state index contributed by atoms with van der Waals surface area (Å²) in [5.74, 6) is -0.806. The number of rotatable bonds is 7. The summed E-state index contributed by atoms with van der Waals surface area (Å²) in [6, 6.07) is 13.0. The van der Waals surface area contributed by atoms with E-state index < -0.39 is 15.8 Å². The Balaban J connectivity index is 1.54. The highest BCUT2D eigenvalue weighted by Crippen LogP contribution is 2.19. The normalized spacial score (nSPS) is 15.9. The maximum Gasteiger partial charge on any atom is 0.243 e. The minimum Gasteiger partial charge on any atom is -0.322 e. The second-order valence-corrected chi connectivity index (χ2v) is 9.04. The van der Waals surface area contributed by atoms with Crippen LogP contribution in [0, 0.1) is 5.82 Å². The minimum atomic E-state index is -3.54. The number of nitrogens with zero attached hydrogens (tertiary/aromatic N) is 2. The number of carbonyl (C=O) groups excluding carboxylic acids is 1. The van der Waals surface area contributed by atoms with Crippen LogP contribution in [0.2, 0.25) is 0 Å². The Kier molecular flexibility index (Phi) is 7.00. The van der Waals surface area contributed by atoms with Gasteiger partial charge in [-0.05, 0) is 36.2 Å². The number of hydrogen-bond acceptors (Lipinski definition) is 4. The average Bonchev–Trinajstić information content (AvgIpc) is 2.71. The van der Waals surface area contributed by atoms with Crippen molar-refractivity contribution in [1.29, 1.82) is 0 Å². The SMILES string of the molecule is CCCc1ccc(S(=O)(=O)N2CCN(CC(=O)Nc3ccccc3F)CC2)cc1. The van der Waals surface area contributed by atoms with Crippen molar-refractivity contribution in [2.45, 2.75) is 24.7 Å². The number of sulfonamides is 1. The molecule has 0 atom stereocenters. The van der Waals surface area contributed by atoms with Gasteiger partial charge in [-0.3, -0.25) is 9.69 Å². The molecule has 0 spiro atoms.